The van der Waals surface area contributed by atoms with Gasteiger partial charge < -0.3 is 4.74 Å². The number of aromatic nitrogens is 2. The number of rotatable bonds is 4. The van der Waals surface area contributed by atoms with E-state index in [9.17, 15) is 14.0 Å². The molecule has 1 amide bonds. The molecular formula is C15H16FN3O4. The lowest BCUT2D eigenvalue weighted by Crippen LogP contribution is -2.33. The van der Waals surface area contributed by atoms with Crippen molar-refractivity contribution in [2.45, 2.75) is 6.92 Å². The molecule has 0 saturated heterocycles. The van der Waals surface area contributed by atoms with Crippen LogP contribution < -0.4 is 10.2 Å². The van der Waals surface area contributed by atoms with E-state index in [1.807, 2.05) is 0 Å². The maximum absolute atomic E-state index is 14.0. The van der Waals surface area contributed by atoms with Crippen LogP contribution in [0.1, 0.15) is 16.1 Å². The van der Waals surface area contributed by atoms with Gasteiger partial charge in [-0.25, -0.2) is 14.1 Å². The number of carbonyl (C=O) groups is 1. The molecule has 2 aromatic rings. The lowest BCUT2D eigenvalue weighted by atomic mass is 10.2. The standard InChI is InChI=1S/C15H16FN3O4/c1-9-5-6-10(16)11(7-9)19-8-12(22-3)14(20)13(17-19)15(21)18(2)23-4/h5-8H,1-4H3. The zero-order valence-corrected chi connectivity index (χ0v) is 13.2. The Labute approximate surface area is 131 Å². The molecule has 8 heteroatoms. The van der Waals surface area contributed by atoms with E-state index in [0.29, 0.717) is 0 Å². The average Bonchev–Trinajstić information content (AvgIpc) is 2.56. The summed E-state index contributed by atoms with van der Waals surface area (Å²) in [7, 11) is 3.89. The largest absolute Gasteiger partial charge is 0.491 e. The topological polar surface area (TPSA) is 73.7 Å². The van der Waals surface area contributed by atoms with E-state index < -0.39 is 22.8 Å². The first-order valence-corrected chi connectivity index (χ1v) is 6.65. The summed E-state index contributed by atoms with van der Waals surface area (Å²) in [6, 6.07) is 4.42. The smallest absolute Gasteiger partial charge is 0.301 e. The normalized spacial score (nSPS) is 10.5. The third-order valence-corrected chi connectivity index (χ3v) is 3.22. The van der Waals surface area contributed by atoms with Crippen LogP contribution in [0, 0.1) is 12.7 Å². The molecule has 7 nitrogen and oxygen atoms in total. The molecule has 1 aromatic carbocycles. The van der Waals surface area contributed by atoms with Gasteiger partial charge in [-0.2, -0.15) is 5.10 Å². The van der Waals surface area contributed by atoms with E-state index in [1.54, 1.807) is 19.1 Å². The Hall–Kier alpha value is -2.74. The van der Waals surface area contributed by atoms with Gasteiger partial charge in [0.25, 0.3) is 5.43 Å². The molecule has 0 atom stereocenters. The van der Waals surface area contributed by atoms with E-state index >= 15 is 0 Å². The van der Waals surface area contributed by atoms with Crippen LogP contribution >= 0.6 is 0 Å². The van der Waals surface area contributed by atoms with Gasteiger partial charge in [0.2, 0.25) is 5.69 Å². The van der Waals surface area contributed by atoms with Crippen molar-refractivity contribution in [3.8, 4) is 11.4 Å². The second-order valence-corrected chi connectivity index (χ2v) is 4.76. The Morgan fingerprint density at radius 2 is 2.04 bits per heavy atom. The molecule has 1 heterocycles. The van der Waals surface area contributed by atoms with Gasteiger partial charge in [0.05, 0.1) is 20.4 Å². The van der Waals surface area contributed by atoms with Crippen molar-refractivity contribution in [3.05, 3.63) is 51.7 Å². The van der Waals surface area contributed by atoms with Crippen LogP contribution in [0.25, 0.3) is 5.69 Å². The first-order valence-electron chi connectivity index (χ1n) is 6.65. The van der Waals surface area contributed by atoms with Crippen LogP contribution in [-0.2, 0) is 4.84 Å². The zero-order chi connectivity index (χ0) is 17.1. The maximum Gasteiger partial charge on any atom is 0.301 e. The summed E-state index contributed by atoms with van der Waals surface area (Å²) >= 11 is 0. The van der Waals surface area contributed by atoms with Gasteiger partial charge in [-0.3, -0.25) is 14.4 Å². The number of halogens is 1. The van der Waals surface area contributed by atoms with Gasteiger partial charge in [0.1, 0.15) is 11.5 Å². The first kappa shape index (κ1) is 16.6. The lowest BCUT2D eigenvalue weighted by Gasteiger charge is -2.15. The molecule has 0 aliphatic carbocycles. The molecule has 122 valence electrons. The fourth-order valence-corrected chi connectivity index (χ4v) is 1.91. The van der Waals surface area contributed by atoms with Crippen molar-refractivity contribution in [2.24, 2.45) is 0 Å². The summed E-state index contributed by atoms with van der Waals surface area (Å²) in [5.41, 5.74) is -0.250. The highest BCUT2D eigenvalue weighted by molar-refractivity contribution is 5.91. The number of amides is 1. The number of ether oxygens (including phenoxy) is 1. The van der Waals surface area contributed by atoms with E-state index in [1.165, 1.54) is 33.5 Å². The first-order chi connectivity index (χ1) is 10.9. The summed E-state index contributed by atoms with van der Waals surface area (Å²) in [5.74, 6) is -1.45. The molecule has 0 N–H and O–H groups in total. The molecule has 0 aliphatic rings. The summed E-state index contributed by atoms with van der Waals surface area (Å²) in [6.45, 7) is 1.79. The van der Waals surface area contributed by atoms with Crippen molar-refractivity contribution in [1.29, 1.82) is 0 Å². The van der Waals surface area contributed by atoms with E-state index in [4.69, 9.17) is 9.57 Å². The molecule has 0 radical (unpaired) electrons. The van der Waals surface area contributed by atoms with Crippen molar-refractivity contribution in [3.63, 3.8) is 0 Å². The van der Waals surface area contributed by atoms with Gasteiger partial charge >= 0.3 is 5.91 Å². The molecular weight excluding hydrogens is 305 g/mol. The Balaban J connectivity index is 2.69. The van der Waals surface area contributed by atoms with Gasteiger partial charge in [0, 0.05) is 7.05 Å². The highest BCUT2D eigenvalue weighted by Gasteiger charge is 2.22. The summed E-state index contributed by atoms with van der Waals surface area (Å²) in [5, 5.41) is 4.78. The van der Waals surface area contributed by atoms with Gasteiger partial charge in [-0.15, -0.1) is 0 Å². The van der Waals surface area contributed by atoms with Crippen LogP contribution in [0.2, 0.25) is 0 Å². The number of nitrogens with zero attached hydrogens (tertiary/aromatic N) is 3. The Kier molecular flexibility index (Phi) is 4.75. The fraction of sp³-hybridized carbons (Fsp3) is 0.267. The fourth-order valence-electron chi connectivity index (χ4n) is 1.91. The predicted molar refractivity (Wildman–Crippen MR) is 80.2 cm³/mol. The second-order valence-electron chi connectivity index (χ2n) is 4.76. The SMILES string of the molecule is COc1cn(-c2cc(C)ccc2F)nc(C(=O)N(C)OC)c1=O. The van der Waals surface area contributed by atoms with Gasteiger partial charge in [-0.05, 0) is 24.6 Å². The van der Waals surface area contributed by atoms with Crippen LogP contribution in [0.5, 0.6) is 5.75 Å². The minimum absolute atomic E-state index is 0.0948. The quantitative estimate of drug-likeness (QED) is 0.794. The second kappa shape index (κ2) is 6.57. The van der Waals surface area contributed by atoms with Crippen LogP contribution in [0.3, 0.4) is 0 Å². The molecule has 2 rings (SSSR count). The molecule has 0 fully saturated rings. The minimum Gasteiger partial charge on any atom is -0.491 e. The van der Waals surface area contributed by atoms with E-state index in [-0.39, 0.29) is 11.4 Å². The molecule has 1 aromatic heterocycles. The van der Waals surface area contributed by atoms with Crippen LogP contribution in [0.15, 0.2) is 29.2 Å². The zero-order valence-electron chi connectivity index (χ0n) is 13.2. The molecule has 0 saturated carbocycles. The van der Waals surface area contributed by atoms with Crippen LogP contribution in [-0.4, -0.2) is 42.0 Å². The van der Waals surface area contributed by atoms with Crippen molar-refractivity contribution < 1.29 is 18.8 Å². The van der Waals surface area contributed by atoms with Gasteiger partial charge in [-0.1, -0.05) is 6.07 Å². The van der Waals surface area contributed by atoms with E-state index in [0.717, 1.165) is 15.3 Å². The number of carbonyl (C=O) groups excluding carboxylic acids is 1. The third-order valence-electron chi connectivity index (χ3n) is 3.22. The number of methoxy groups -OCH3 is 1. The summed E-state index contributed by atoms with van der Waals surface area (Å²) in [6.07, 6.45) is 1.23. The monoisotopic (exact) mass is 321 g/mol. The van der Waals surface area contributed by atoms with Gasteiger partial charge in [0.15, 0.2) is 5.75 Å². The molecule has 0 spiro atoms. The van der Waals surface area contributed by atoms with Crippen LogP contribution in [0.4, 0.5) is 4.39 Å². The Morgan fingerprint density at radius 3 is 2.65 bits per heavy atom. The summed E-state index contributed by atoms with van der Waals surface area (Å²) < 4.78 is 20.1. The average molecular weight is 321 g/mol. The number of aryl methyl sites for hydroxylation is 1. The summed E-state index contributed by atoms with van der Waals surface area (Å²) in [4.78, 5) is 29.1. The number of hydroxylamine groups is 2. The number of hydrogen-bond acceptors (Lipinski definition) is 5. The molecule has 0 bridgehead atoms. The Bertz CT molecular complexity index is 804. The lowest BCUT2D eigenvalue weighted by molar-refractivity contribution is -0.0762. The number of benzene rings is 1. The maximum atomic E-state index is 14.0. The third kappa shape index (κ3) is 3.21. The molecule has 23 heavy (non-hydrogen) atoms. The van der Waals surface area contributed by atoms with Crippen molar-refractivity contribution >= 4 is 5.91 Å². The van der Waals surface area contributed by atoms with Crippen molar-refractivity contribution in [2.75, 3.05) is 21.3 Å². The molecule has 0 aliphatic heterocycles. The highest BCUT2D eigenvalue weighted by Crippen LogP contribution is 2.16. The number of hydrogen-bond donors (Lipinski definition) is 0. The predicted octanol–water partition coefficient (Wildman–Crippen LogP) is 1.32. The minimum atomic E-state index is -0.766. The highest BCUT2D eigenvalue weighted by atomic mass is 19.1. The van der Waals surface area contributed by atoms with E-state index in [2.05, 4.69) is 5.10 Å². The molecule has 0 unspecified atom stereocenters. The van der Waals surface area contributed by atoms with Crippen molar-refractivity contribution in [1.82, 2.24) is 14.8 Å². The Morgan fingerprint density at radius 1 is 1.35 bits per heavy atom.